The van der Waals surface area contributed by atoms with Crippen LogP contribution in [0.15, 0.2) is 10.7 Å². The fraction of sp³-hybridized carbons (Fsp3) is 0.636. The Morgan fingerprint density at radius 3 is 3.18 bits per heavy atom. The molecule has 94 valence electrons. The van der Waals surface area contributed by atoms with E-state index in [-0.39, 0.29) is 5.28 Å². The highest BCUT2D eigenvalue weighted by Gasteiger charge is 2.21. The van der Waals surface area contributed by atoms with Crippen LogP contribution >= 0.6 is 27.5 Å². The van der Waals surface area contributed by atoms with Crippen molar-refractivity contribution in [3.8, 4) is 0 Å². The molecule has 1 fully saturated rings. The van der Waals surface area contributed by atoms with Crippen LogP contribution in [0.2, 0.25) is 5.28 Å². The predicted octanol–water partition coefficient (Wildman–Crippen LogP) is 2.65. The van der Waals surface area contributed by atoms with Crippen molar-refractivity contribution < 1.29 is 0 Å². The summed E-state index contributed by atoms with van der Waals surface area (Å²) < 4.78 is 0.854. The van der Waals surface area contributed by atoms with E-state index >= 15 is 0 Å². The standard InChI is InChI=1S/C11H16BrClN4/c1-2-17-4-3-8(7-17)5-14-10-9(12)6-15-11(13)16-10/h6,8H,2-5,7H2,1H3,(H,14,15,16). The zero-order chi connectivity index (χ0) is 12.3. The van der Waals surface area contributed by atoms with Crippen LogP contribution in [0.4, 0.5) is 5.82 Å². The lowest BCUT2D eigenvalue weighted by Gasteiger charge is -2.14. The van der Waals surface area contributed by atoms with Crippen molar-refractivity contribution in [3.05, 3.63) is 16.0 Å². The van der Waals surface area contributed by atoms with Crippen molar-refractivity contribution in [1.29, 1.82) is 0 Å². The first-order chi connectivity index (χ1) is 8.19. The van der Waals surface area contributed by atoms with E-state index in [4.69, 9.17) is 11.6 Å². The normalized spacial score (nSPS) is 20.8. The van der Waals surface area contributed by atoms with Gasteiger partial charge in [0.25, 0.3) is 0 Å². The number of halogens is 2. The fourth-order valence-corrected chi connectivity index (χ4v) is 2.54. The summed E-state index contributed by atoms with van der Waals surface area (Å²) in [5.74, 6) is 1.47. The van der Waals surface area contributed by atoms with Crippen LogP contribution < -0.4 is 5.32 Å². The number of anilines is 1. The molecule has 1 saturated heterocycles. The van der Waals surface area contributed by atoms with Crippen molar-refractivity contribution in [1.82, 2.24) is 14.9 Å². The number of aromatic nitrogens is 2. The highest BCUT2D eigenvalue weighted by molar-refractivity contribution is 9.10. The van der Waals surface area contributed by atoms with E-state index in [0.29, 0.717) is 5.92 Å². The molecule has 1 aromatic rings. The molecule has 0 bridgehead atoms. The van der Waals surface area contributed by atoms with E-state index in [2.05, 4.69) is 43.0 Å². The summed E-state index contributed by atoms with van der Waals surface area (Å²) in [7, 11) is 0. The first-order valence-electron chi connectivity index (χ1n) is 5.83. The first-order valence-corrected chi connectivity index (χ1v) is 7.00. The van der Waals surface area contributed by atoms with Gasteiger partial charge in [0.05, 0.1) is 4.47 Å². The maximum absolute atomic E-state index is 5.77. The number of likely N-dealkylation sites (tertiary alicyclic amines) is 1. The highest BCUT2D eigenvalue weighted by Crippen LogP contribution is 2.22. The summed E-state index contributed by atoms with van der Waals surface area (Å²) in [6, 6.07) is 0. The minimum absolute atomic E-state index is 0.275. The molecule has 6 heteroatoms. The molecule has 0 spiro atoms. The molecule has 0 amide bonds. The topological polar surface area (TPSA) is 41.0 Å². The third-order valence-corrected chi connectivity index (χ3v) is 3.85. The number of rotatable bonds is 4. The van der Waals surface area contributed by atoms with Crippen LogP contribution in [-0.2, 0) is 0 Å². The van der Waals surface area contributed by atoms with Gasteiger partial charge in [-0.25, -0.2) is 4.98 Å². The molecule has 0 aliphatic carbocycles. The van der Waals surface area contributed by atoms with Gasteiger partial charge < -0.3 is 10.2 Å². The van der Waals surface area contributed by atoms with E-state index in [1.165, 1.54) is 19.5 Å². The molecule has 1 aromatic heterocycles. The summed E-state index contributed by atoms with van der Waals surface area (Å²) >= 11 is 9.18. The number of nitrogens with zero attached hydrogens (tertiary/aromatic N) is 3. The third kappa shape index (κ3) is 3.53. The summed E-state index contributed by atoms with van der Waals surface area (Å²) in [5, 5.41) is 3.61. The van der Waals surface area contributed by atoms with Gasteiger partial charge in [-0.3, -0.25) is 0 Å². The van der Waals surface area contributed by atoms with E-state index in [9.17, 15) is 0 Å². The average molecular weight is 320 g/mol. The van der Waals surface area contributed by atoms with E-state index < -0.39 is 0 Å². The van der Waals surface area contributed by atoms with Crippen LogP contribution in [0, 0.1) is 5.92 Å². The van der Waals surface area contributed by atoms with Crippen molar-refractivity contribution in [2.75, 3.05) is 31.5 Å². The monoisotopic (exact) mass is 318 g/mol. The Morgan fingerprint density at radius 2 is 2.47 bits per heavy atom. The van der Waals surface area contributed by atoms with Gasteiger partial charge in [-0.05, 0) is 53.0 Å². The zero-order valence-electron chi connectivity index (χ0n) is 9.79. The molecular formula is C11H16BrClN4. The molecule has 1 atom stereocenters. The molecule has 1 aliphatic rings. The molecular weight excluding hydrogens is 304 g/mol. The zero-order valence-corrected chi connectivity index (χ0v) is 12.1. The van der Waals surface area contributed by atoms with Crippen LogP contribution in [-0.4, -0.2) is 41.0 Å². The van der Waals surface area contributed by atoms with Crippen molar-refractivity contribution in [3.63, 3.8) is 0 Å². The molecule has 0 aromatic carbocycles. The summed E-state index contributed by atoms with van der Waals surface area (Å²) in [4.78, 5) is 10.5. The minimum Gasteiger partial charge on any atom is -0.369 e. The van der Waals surface area contributed by atoms with Crippen LogP contribution in [0.5, 0.6) is 0 Å². The quantitative estimate of drug-likeness (QED) is 0.866. The molecule has 4 nitrogen and oxygen atoms in total. The Labute approximate surface area is 115 Å². The molecule has 0 saturated carbocycles. The maximum Gasteiger partial charge on any atom is 0.224 e. The first kappa shape index (κ1) is 13.1. The van der Waals surface area contributed by atoms with Gasteiger partial charge in [0, 0.05) is 19.3 Å². The Balaban J connectivity index is 1.88. The van der Waals surface area contributed by atoms with Crippen molar-refractivity contribution in [2.24, 2.45) is 5.92 Å². The van der Waals surface area contributed by atoms with E-state index in [1.807, 2.05) is 0 Å². The second-order valence-electron chi connectivity index (χ2n) is 4.26. The molecule has 0 radical (unpaired) electrons. The van der Waals surface area contributed by atoms with E-state index in [1.54, 1.807) is 6.20 Å². The second kappa shape index (κ2) is 5.98. The largest absolute Gasteiger partial charge is 0.369 e. The lowest BCUT2D eigenvalue weighted by Crippen LogP contribution is -2.22. The van der Waals surface area contributed by atoms with Gasteiger partial charge in [-0.2, -0.15) is 4.98 Å². The minimum atomic E-state index is 0.275. The Hall–Kier alpha value is -0.390. The van der Waals surface area contributed by atoms with E-state index in [0.717, 1.165) is 23.4 Å². The Morgan fingerprint density at radius 1 is 1.65 bits per heavy atom. The van der Waals surface area contributed by atoms with Gasteiger partial charge >= 0.3 is 0 Å². The summed E-state index contributed by atoms with van der Waals surface area (Å²) in [6.07, 6.45) is 2.92. The Bertz CT molecular complexity index is 388. The molecule has 1 N–H and O–H groups in total. The second-order valence-corrected chi connectivity index (χ2v) is 5.46. The molecule has 17 heavy (non-hydrogen) atoms. The highest BCUT2D eigenvalue weighted by atomic mass is 79.9. The smallest absolute Gasteiger partial charge is 0.224 e. The number of hydrogen-bond donors (Lipinski definition) is 1. The lowest BCUT2D eigenvalue weighted by molar-refractivity contribution is 0.345. The van der Waals surface area contributed by atoms with Crippen molar-refractivity contribution in [2.45, 2.75) is 13.3 Å². The molecule has 2 rings (SSSR count). The summed E-state index contributed by atoms with van der Waals surface area (Å²) in [5.41, 5.74) is 0. The third-order valence-electron chi connectivity index (χ3n) is 3.09. The average Bonchev–Trinajstić information content (AvgIpc) is 2.78. The van der Waals surface area contributed by atoms with Crippen LogP contribution in [0.1, 0.15) is 13.3 Å². The number of hydrogen-bond acceptors (Lipinski definition) is 4. The van der Waals surface area contributed by atoms with Gasteiger partial charge in [0.15, 0.2) is 0 Å². The van der Waals surface area contributed by atoms with Crippen molar-refractivity contribution >= 4 is 33.3 Å². The predicted molar refractivity (Wildman–Crippen MR) is 73.5 cm³/mol. The molecule has 1 unspecified atom stereocenters. The maximum atomic E-state index is 5.77. The SMILES string of the molecule is CCN1CCC(CNc2nc(Cl)ncc2Br)C1. The fourth-order valence-electron chi connectivity index (χ4n) is 2.08. The molecule has 2 heterocycles. The van der Waals surface area contributed by atoms with Gasteiger partial charge in [-0.15, -0.1) is 0 Å². The van der Waals surface area contributed by atoms with Gasteiger partial charge in [0.2, 0.25) is 5.28 Å². The Kier molecular flexibility index (Phi) is 4.59. The van der Waals surface area contributed by atoms with Crippen LogP contribution in [0.3, 0.4) is 0 Å². The number of nitrogens with one attached hydrogen (secondary N) is 1. The van der Waals surface area contributed by atoms with Gasteiger partial charge in [-0.1, -0.05) is 6.92 Å². The summed E-state index contributed by atoms with van der Waals surface area (Å²) in [6.45, 7) is 6.65. The lowest BCUT2D eigenvalue weighted by atomic mass is 10.1. The van der Waals surface area contributed by atoms with Gasteiger partial charge in [0.1, 0.15) is 5.82 Å². The molecule has 1 aliphatic heterocycles. The van der Waals surface area contributed by atoms with Crippen LogP contribution in [0.25, 0.3) is 0 Å².